The van der Waals surface area contributed by atoms with E-state index in [2.05, 4.69) is 16.1 Å². The van der Waals surface area contributed by atoms with E-state index in [9.17, 15) is 5.11 Å². The standard InChI is InChI=1S/C16H14N2O/c1-4-13-9-11(2)10-15(16(13)19)18-17-14-8-6-5-7-12(14)3/h1,5-10,19H,2-3H3/b18-17+. The maximum Gasteiger partial charge on any atom is 0.158 e. The molecule has 0 spiro atoms. The molecular formula is C16H14N2O. The monoisotopic (exact) mass is 250 g/mol. The number of nitrogens with zero attached hydrogens (tertiary/aromatic N) is 2. The van der Waals surface area contributed by atoms with Gasteiger partial charge in [-0.2, -0.15) is 5.11 Å². The second kappa shape index (κ2) is 5.36. The predicted octanol–water partition coefficient (Wildman–Crippen LogP) is 4.41. The van der Waals surface area contributed by atoms with Gasteiger partial charge in [0, 0.05) is 0 Å². The van der Waals surface area contributed by atoms with Gasteiger partial charge in [-0.25, -0.2) is 0 Å². The number of phenols is 1. The van der Waals surface area contributed by atoms with Gasteiger partial charge in [0.15, 0.2) is 5.75 Å². The van der Waals surface area contributed by atoms with Crippen LogP contribution in [0.5, 0.6) is 5.75 Å². The lowest BCUT2D eigenvalue weighted by Gasteiger charge is -2.03. The molecule has 2 aromatic rings. The van der Waals surface area contributed by atoms with Crippen LogP contribution in [0.1, 0.15) is 16.7 Å². The summed E-state index contributed by atoms with van der Waals surface area (Å²) in [5, 5.41) is 18.2. The number of aryl methyl sites for hydroxylation is 2. The average Bonchev–Trinajstić information content (AvgIpc) is 2.41. The van der Waals surface area contributed by atoms with Crippen LogP contribution in [0.4, 0.5) is 11.4 Å². The van der Waals surface area contributed by atoms with Gasteiger partial charge in [0.1, 0.15) is 5.69 Å². The quantitative estimate of drug-likeness (QED) is 0.623. The van der Waals surface area contributed by atoms with Crippen LogP contribution in [-0.4, -0.2) is 5.11 Å². The summed E-state index contributed by atoms with van der Waals surface area (Å²) in [6, 6.07) is 11.1. The van der Waals surface area contributed by atoms with Gasteiger partial charge in [0.05, 0.1) is 11.3 Å². The summed E-state index contributed by atoms with van der Waals surface area (Å²) in [6.45, 7) is 3.85. The Labute approximate surface area is 112 Å². The minimum absolute atomic E-state index is 0.00886. The minimum Gasteiger partial charge on any atom is -0.504 e. The van der Waals surface area contributed by atoms with E-state index >= 15 is 0 Å². The first-order valence-electron chi connectivity index (χ1n) is 5.89. The summed E-state index contributed by atoms with van der Waals surface area (Å²) >= 11 is 0. The summed E-state index contributed by atoms with van der Waals surface area (Å²) in [5.41, 5.74) is 3.54. The van der Waals surface area contributed by atoms with Crippen molar-refractivity contribution < 1.29 is 5.11 Å². The van der Waals surface area contributed by atoms with Gasteiger partial charge in [0.25, 0.3) is 0 Å². The molecule has 0 unspecified atom stereocenters. The van der Waals surface area contributed by atoms with Gasteiger partial charge in [-0.05, 0) is 43.2 Å². The zero-order valence-electron chi connectivity index (χ0n) is 10.9. The highest BCUT2D eigenvalue weighted by atomic mass is 16.3. The van der Waals surface area contributed by atoms with Gasteiger partial charge in [-0.1, -0.05) is 24.1 Å². The molecule has 0 saturated heterocycles. The Morgan fingerprint density at radius 1 is 1.05 bits per heavy atom. The van der Waals surface area contributed by atoms with Crippen LogP contribution in [0, 0.1) is 26.2 Å². The molecule has 0 aliphatic carbocycles. The van der Waals surface area contributed by atoms with Crippen LogP contribution >= 0.6 is 0 Å². The third-order valence-electron chi connectivity index (χ3n) is 2.77. The zero-order valence-corrected chi connectivity index (χ0v) is 10.9. The van der Waals surface area contributed by atoms with E-state index in [4.69, 9.17) is 6.42 Å². The first-order chi connectivity index (χ1) is 9.11. The summed E-state index contributed by atoms with van der Waals surface area (Å²) in [7, 11) is 0. The van der Waals surface area contributed by atoms with Gasteiger partial charge in [-0.3, -0.25) is 0 Å². The highest BCUT2D eigenvalue weighted by Gasteiger charge is 2.06. The number of benzene rings is 2. The molecule has 0 bridgehead atoms. The number of aromatic hydroxyl groups is 1. The molecule has 19 heavy (non-hydrogen) atoms. The van der Waals surface area contributed by atoms with E-state index in [0.717, 1.165) is 16.8 Å². The van der Waals surface area contributed by atoms with Gasteiger partial charge >= 0.3 is 0 Å². The Hall–Kier alpha value is -2.60. The molecular weight excluding hydrogens is 236 g/mol. The van der Waals surface area contributed by atoms with Crippen LogP contribution in [-0.2, 0) is 0 Å². The Bertz CT molecular complexity index is 682. The number of hydrogen-bond donors (Lipinski definition) is 1. The molecule has 0 fully saturated rings. The van der Waals surface area contributed by atoms with E-state index in [1.807, 2.05) is 38.1 Å². The summed E-state index contributed by atoms with van der Waals surface area (Å²) in [5.74, 6) is 2.43. The third kappa shape index (κ3) is 2.80. The molecule has 3 heteroatoms. The normalized spacial score (nSPS) is 10.6. The number of hydrogen-bond acceptors (Lipinski definition) is 3. The first kappa shape index (κ1) is 12.8. The molecule has 2 aromatic carbocycles. The van der Waals surface area contributed by atoms with Crippen molar-refractivity contribution in [1.82, 2.24) is 0 Å². The topological polar surface area (TPSA) is 45.0 Å². The van der Waals surface area contributed by atoms with Crippen LogP contribution in [0.2, 0.25) is 0 Å². The van der Waals surface area contributed by atoms with E-state index in [1.165, 1.54) is 0 Å². The lowest BCUT2D eigenvalue weighted by atomic mass is 10.1. The number of terminal acetylenes is 1. The molecule has 0 heterocycles. The molecule has 1 N–H and O–H groups in total. The highest BCUT2D eigenvalue weighted by molar-refractivity contribution is 5.62. The third-order valence-corrected chi connectivity index (χ3v) is 2.77. The van der Waals surface area contributed by atoms with Crippen LogP contribution < -0.4 is 0 Å². The van der Waals surface area contributed by atoms with Crippen molar-refractivity contribution in [1.29, 1.82) is 0 Å². The average molecular weight is 250 g/mol. The molecule has 0 aliphatic rings. The molecule has 0 amide bonds. The van der Waals surface area contributed by atoms with Crippen LogP contribution in [0.3, 0.4) is 0 Å². The van der Waals surface area contributed by atoms with E-state index < -0.39 is 0 Å². The maximum absolute atomic E-state index is 9.96. The van der Waals surface area contributed by atoms with Gasteiger partial charge in [-0.15, -0.1) is 11.5 Å². The van der Waals surface area contributed by atoms with Crippen molar-refractivity contribution in [3.8, 4) is 18.1 Å². The second-order valence-electron chi connectivity index (χ2n) is 4.31. The molecule has 94 valence electrons. The van der Waals surface area contributed by atoms with E-state index in [-0.39, 0.29) is 5.75 Å². The Morgan fingerprint density at radius 2 is 1.74 bits per heavy atom. The van der Waals surface area contributed by atoms with Crippen LogP contribution in [0.15, 0.2) is 46.6 Å². The molecule has 3 nitrogen and oxygen atoms in total. The summed E-state index contributed by atoms with van der Waals surface area (Å²) in [4.78, 5) is 0. The number of rotatable bonds is 2. The van der Waals surface area contributed by atoms with Crippen molar-refractivity contribution in [2.45, 2.75) is 13.8 Å². The minimum atomic E-state index is -0.00886. The van der Waals surface area contributed by atoms with Crippen molar-refractivity contribution in [2.75, 3.05) is 0 Å². The summed E-state index contributed by atoms with van der Waals surface area (Å²) in [6.07, 6.45) is 5.34. The largest absolute Gasteiger partial charge is 0.504 e. The van der Waals surface area contributed by atoms with Crippen molar-refractivity contribution in [2.24, 2.45) is 10.2 Å². The molecule has 0 saturated carbocycles. The van der Waals surface area contributed by atoms with Crippen molar-refractivity contribution >= 4 is 11.4 Å². The first-order valence-corrected chi connectivity index (χ1v) is 5.89. The molecule has 0 aliphatic heterocycles. The molecule has 2 rings (SSSR count). The predicted molar refractivity (Wildman–Crippen MR) is 76.1 cm³/mol. The Balaban J connectivity index is 2.42. The van der Waals surface area contributed by atoms with Crippen molar-refractivity contribution in [3.05, 3.63) is 53.1 Å². The van der Waals surface area contributed by atoms with E-state index in [1.54, 1.807) is 12.1 Å². The highest BCUT2D eigenvalue weighted by Crippen LogP contribution is 2.33. The SMILES string of the molecule is C#Cc1cc(C)cc(/N=N/c2ccccc2C)c1O. The number of phenolic OH excluding ortho intramolecular Hbond substituents is 1. The molecule has 0 aromatic heterocycles. The second-order valence-corrected chi connectivity index (χ2v) is 4.31. The van der Waals surface area contributed by atoms with Crippen LogP contribution in [0.25, 0.3) is 0 Å². The lowest BCUT2D eigenvalue weighted by molar-refractivity contribution is 0.474. The Kier molecular flexibility index (Phi) is 3.63. The van der Waals surface area contributed by atoms with Gasteiger partial charge in [0.2, 0.25) is 0 Å². The smallest absolute Gasteiger partial charge is 0.158 e. The van der Waals surface area contributed by atoms with Crippen molar-refractivity contribution in [3.63, 3.8) is 0 Å². The Morgan fingerprint density at radius 3 is 2.42 bits per heavy atom. The lowest BCUT2D eigenvalue weighted by Crippen LogP contribution is -1.80. The fraction of sp³-hybridized carbons (Fsp3) is 0.125. The number of azo groups is 1. The fourth-order valence-corrected chi connectivity index (χ4v) is 1.73. The zero-order chi connectivity index (χ0) is 13.8. The molecule has 0 radical (unpaired) electrons. The van der Waals surface area contributed by atoms with E-state index in [0.29, 0.717) is 11.3 Å². The van der Waals surface area contributed by atoms with Gasteiger partial charge < -0.3 is 5.11 Å². The molecule has 0 atom stereocenters. The maximum atomic E-state index is 9.96. The summed E-state index contributed by atoms with van der Waals surface area (Å²) < 4.78 is 0. The fourth-order valence-electron chi connectivity index (χ4n) is 1.73.